The summed E-state index contributed by atoms with van der Waals surface area (Å²) < 4.78 is 12.9. The molecule has 1 heterocycles. The smallest absolute Gasteiger partial charge is 0.141 e. The molecule has 2 nitrogen and oxygen atoms in total. The van der Waals surface area contributed by atoms with Gasteiger partial charge in [-0.1, -0.05) is 17.7 Å². The first-order valence-corrected chi connectivity index (χ1v) is 6.93. The minimum Gasteiger partial charge on any atom is -0.384 e. The van der Waals surface area contributed by atoms with E-state index in [1.165, 1.54) is 10.9 Å². The molecule has 0 amide bonds. The van der Waals surface area contributed by atoms with Crippen LogP contribution in [0.4, 0.5) is 10.1 Å². The van der Waals surface area contributed by atoms with Gasteiger partial charge in [-0.3, -0.25) is 0 Å². The maximum absolute atomic E-state index is 12.9. The lowest BCUT2D eigenvalue weighted by Crippen LogP contribution is -2.21. The average molecular weight is 285 g/mol. The Morgan fingerprint density at radius 3 is 2.83 bits per heavy atom. The van der Waals surface area contributed by atoms with Crippen LogP contribution >= 0.6 is 22.9 Å². The maximum Gasteiger partial charge on any atom is 0.141 e. The van der Waals surface area contributed by atoms with Crippen molar-refractivity contribution in [3.63, 3.8) is 0 Å². The van der Waals surface area contributed by atoms with Crippen molar-refractivity contribution in [3.8, 4) is 0 Å². The van der Waals surface area contributed by atoms with Crippen LogP contribution in [-0.2, 0) is 6.54 Å². The van der Waals surface area contributed by atoms with E-state index >= 15 is 0 Å². The summed E-state index contributed by atoms with van der Waals surface area (Å²) >= 11 is 7.43. The van der Waals surface area contributed by atoms with Crippen LogP contribution in [0.15, 0.2) is 35.7 Å². The Balaban J connectivity index is 1.67. The van der Waals surface area contributed by atoms with Gasteiger partial charge in [-0.25, -0.2) is 4.39 Å². The van der Waals surface area contributed by atoms with E-state index in [4.69, 9.17) is 11.6 Å². The van der Waals surface area contributed by atoms with E-state index in [0.717, 1.165) is 25.3 Å². The molecule has 0 aliphatic carbocycles. The van der Waals surface area contributed by atoms with Crippen LogP contribution < -0.4 is 10.6 Å². The van der Waals surface area contributed by atoms with Gasteiger partial charge in [-0.05, 0) is 29.6 Å². The fourth-order valence-corrected chi connectivity index (χ4v) is 2.38. The summed E-state index contributed by atoms with van der Waals surface area (Å²) in [5.74, 6) is -0.391. The summed E-state index contributed by atoms with van der Waals surface area (Å²) in [6.45, 7) is 2.49. The highest BCUT2D eigenvalue weighted by Crippen LogP contribution is 2.18. The van der Waals surface area contributed by atoms with Crippen LogP contribution in [0.1, 0.15) is 4.88 Å². The summed E-state index contributed by atoms with van der Waals surface area (Å²) in [7, 11) is 0. The fraction of sp³-hybridized carbons (Fsp3) is 0.231. The van der Waals surface area contributed by atoms with Crippen LogP contribution in [0.3, 0.4) is 0 Å². The highest BCUT2D eigenvalue weighted by molar-refractivity contribution is 7.09. The maximum atomic E-state index is 12.9. The van der Waals surface area contributed by atoms with Crippen molar-refractivity contribution in [2.45, 2.75) is 6.54 Å². The van der Waals surface area contributed by atoms with Gasteiger partial charge >= 0.3 is 0 Å². The van der Waals surface area contributed by atoms with Crippen molar-refractivity contribution in [2.75, 3.05) is 18.4 Å². The zero-order chi connectivity index (χ0) is 12.8. The molecule has 2 aromatic rings. The molecule has 0 aliphatic heterocycles. The summed E-state index contributed by atoms with van der Waals surface area (Å²) in [5, 5.41) is 8.72. The van der Waals surface area contributed by atoms with Crippen LogP contribution in [0.5, 0.6) is 0 Å². The quantitative estimate of drug-likeness (QED) is 0.790. The minimum atomic E-state index is -0.391. The number of thiophene rings is 1. The molecule has 0 saturated heterocycles. The Morgan fingerprint density at radius 2 is 2.11 bits per heavy atom. The largest absolute Gasteiger partial charge is 0.384 e. The molecule has 1 aromatic heterocycles. The van der Waals surface area contributed by atoms with E-state index in [1.807, 2.05) is 6.07 Å². The van der Waals surface area contributed by atoms with Gasteiger partial charge in [0, 0.05) is 30.2 Å². The minimum absolute atomic E-state index is 0.145. The van der Waals surface area contributed by atoms with Gasteiger partial charge in [0.05, 0.1) is 5.02 Å². The third-order valence-corrected chi connectivity index (χ3v) is 3.60. The van der Waals surface area contributed by atoms with Gasteiger partial charge in [-0.15, -0.1) is 11.3 Å². The van der Waals surface area contributed by atoms with Gasteiger partial charge < -0.3 is 10.6 Å². The van der Waals surface area contributed by atoms with Crippen molar-refractivity contribution in [2.24, 2.45) is 0 Å². The third-order valence-electron chi connectivity index (χ3n) is 2.43. The first kappa shape index (κ1) is 13.3. The number of benzene rings is 1. The SMILES string of the molecule is Fc1ccc(NCCNCc2cccs2)cc1Cl. The molecule has 0 fully saturated rings. The lowest BCUT2D eigenvalue weighted by Gasteiger charge is -2.07. The van der Waals surface area contributed by atoms with E-state index in [1.54, 1.807) is 23.5 Å². The predicted octanol–water partition coefficient (Wildman–Crippen LogP) is 3.74. The van der Waals surface area contributed by atoms with E-state index in [0.29, 0.717) is 0 Å². The topological polar surface area (TPSA) is 24.1 Å². The number of hydrogen-bond donors (Lipinski definition) is 2. The van der Waals surface area contributed by atoms with E-state index in [-0.39, 0.29) is 5.02 Å². The normalized spacial score (nSPS) is 10.6. The van der Waals surface area contributed by atoms with E-state index < -0.39 is 5.82 Å². The van der Waals surface area contributed by atoms with Gasteiger partial charge in [0.1, 0.15) is 5.82 Å². The molecule has 0 radical (unpaired) electrons. The van der Waals surface area contributed by atoms with Gasteiger partial charge in [0.2, 0.25) is 0 Å². The van der Waals surface area contributed by atoms with E-state index in [2.05, 4.69) is 22.1 Å². The lowest BCUT2D eigenvalue weighted by molar-refractivity contribution is 0.628. The van der Waals surface area contributed by atoms with Crippen molar-refractivity contribution in [1.29, 1.82) is 0 Å². The first-order chi connectivity index (χ1) is 8.75. The zero-order valence-electron chi connectivity index (χ0n) is 9.75. The first-order valence-electron chi connectivity index (χ1n) is 5.68. The zero-order valence-corrected chi connectivity index (χ0v) is 11.3. The highest BCUT2D eigenvalue weighted by Gasteiger charge is 2.00. The highest BCUT2D eigenvalue weighted by atomic mass is 35.5. The molecule has 0 spiro atoms. The Bertz CT molecular complexity index is 488. The molecule has 0 bridgehead atoms. The van der Waals surface area contributed by atoms with Crippen LogP contribution in [0, 0.1) is 5.82 Å². The third kappa shape index (κ3) is 3.98. The van der Waals surface area contributed by atoms with Crippen molar-refractivity contribution >= 4 is 28.6 Å². The molecular weight excluding hydrogens is 271 g/mol. The molecular formula is C13H14ClFN2S. The molecule has 2 N–H and O–H groups in total. The van der Waals surface area contributed by atoms with Gasteiger partial charge in [0.15, 0.2) is 0 Å². The Hall–Kier alpha value is -1.10. The second-order valence-corrected chi connectivity index (χ2v) is 5.25. The second-order valence-electron chi connectivity index (χ2n) is 3.81. The number of nitrogens with one attached hydrogen (secondary N) is 2. The Labute approximate surface area is 115 Å². The fourth-order valence-electron chi connectivity index (χ4n) is 1.53. The lowest BCUT2D eigenvalue weighted by atomic mass is 10.3. The molecule has 18 heavy (non-hydrogen) atoms. The summed E-state index contributed by atoms with van der Waals surface area (Å²) in [4.78, 5) is 1.32. The molecule has 96 valence electrons. The number of halogens is 2. The summed E-state index contributed by atoms with van der Waals surface area (Å²) in [6.07, 6.45) is 0. The van der Waals surface area contributed by atoms with Gasteiger partial charge in [0.25, 0.3) is 0 Å². The summed E-state index contributed by atoms with van der Waals surface area (Å²) in [5.41, 5.74) is 0.833. The van der Waals surface area contributed by atoms with Crippen molar-refractivity contribution in [3.05, 3.63) is 51.4 Å². The molecule has 2 rings (SSSR count). The molecule has 0 atom stereocenters. The predicted molar refractivity (Wildman–Crippen MR) is 75.9 cm³/mol. The van der Waals surface area contributed by atoms with E-state index in [9.17, 15) is 4.39 Å². The van der Waals surface area contributed by atoms with Crippen molar-refractivity contribution < 1.29 is 4.39 Å². The average Bonchev–Trinajstić information content (AvgIpc) is 2.86. The molecule has 0 unspecified atom stereocenters. The Morgan fingerprint density at radius 1 is 1.22 bits per heavy atom. The number of anilines is 1. The van der Waals surface area contributed by atoms with Crippen molar-refractivity contribution in [1.82, 2.24) is 5.32 Å². The Kier molecular flexibility index (Phi) is 4.99. The molecule has 0 saturated carbocycles. The molecule has 0 aliphatic rings. The number of rotatable bonds is 6. The van der Waals surface area contributed by atoms with Crippen LogP contribution in [-0.4, -0.2) is 13.1 Å². The summed E-state index contributed by atoms with van der Waals surface area (Å²) in [6, 6.07) is 8.78. The molecule has 1 aromatic carbocycles. The van der Waals surface area contributed by atoms with Gasteiger partial charge in [-0.2, -0.15) is 0 Å². The monoisotopic (exact) mass is 284 g/mol. The second kappa shape index (κ2) is 6.73. The van der Waals surface area contributed by atoms with Crippen LogP contribution in [0.25, 0.3) is 0 Å². The standard InChI is InChI=1S/C13H14ClFN2S/c14-12-8-10(3-4-13(12)15)17-6-5-16-9-11-2-1-7-18-11/h1-4,7-8,16-17H,5-6,9H2. The number of hydrogen-bond acceptors (Lipinski definition) is 3. The molecule has 5 heteroatoms. The van der Waals surface area contributed by atoms with Crippen LogP contribution in [0.2, 0.25) is 5.02 Å².